The molecule has 1 heterocycles. The van der Waals surface area contributed by atoms with Crippen LogP contribution in [0.2, 0.25) is 0 Å². The van der Waals surface area contributed by atoms with Gasteiger partial charge in [-0.1, -0.05) is 6.92 Å². The maximum atomic E-state index is 11.2. The molecule has 0 aliphatic carbocycles. The number of carboxylic acid groups (broad SMARTS) is 1. The van der Waals surface area contributed by atoms with E-state index in [1.807, 2.05) is 17.7 Å². The average Bonchev–Trinajstić information content (AvgIpc) is 2.77. The van der Waals surface area contributed by atoms with Crippen molar-refractivity contribution in [2.45, 2.75) is 32.9 Å². The van der Waals surface area contributed by atoms with E-state index in [1.54, 1.807) is 19.1 Å². The molecule has 0 spiro atoms. The molecule has 1 aromatic carbocycles. The summed E-state index contributed by atoms with van der Waals surface area (Å²) < 4.78 is 2.00. The Morgan fingerprint density at radius 3 is 2.65 bits per heavy atom. The molecule has 0 amide bonds. The van der Waals surface area contributed by atoms with Crippen molar-refractivity contribution < 1.29 is 15.0 Å². The van der Waals surface area contributed by atoms with Gasteiger partial charge in [-0.15, -0.1) is 0 Å². The molecular formula is C15H20N2O3. The van der Waals surface area contributed by atoms with Crippen LogP contribution in [0.3, 0.4) is 0 Å². The SMILES string of the molecule is CCc1cc(C(=O)O)cc2c(C(C)O)cn(CCN)c12. The van der Waals surface area contributed by atoms with E-state index >= 15 is 0 Å². The number of carboxylic acids is 1. The first kappa shape index (κ1) is 14.6. The Morgan fingerprint density at radius 2 is 2.15 bits per heavy atom. The van der Waals surface area contributed by atoms with Gasteiger partial charge < -0.3 is 20.5 Å². The Kier molecular flexibility index (Phi) is 4.11. The average molecular weight is 276 g/mol. The summed E-state index contributed by atoms with van der Waals surface area (Å²) in [4.78, 5) is 11.2. The molecule has 0 saturated carbocycles. The van der Waals surface area contributed by atoms with Gasteiger partial charge in [0.2, 0.25) is 0 Å². The fourth-order valence-electron chi connectivity index (χ4n) is 2.60. The lowest BCUT2D eigenvalue weighted by molar-refractivity contribution is 0.0697. The molecule has 1 unspecified atom stereocenters. The number of nitrogens with zero attached hydrogens (tertiary/aromatic N) is 1. The summed E-state index contributed by atoms with van der Waals surface area (Å²) in [7, 11) is 0. The first-order valence-corrected chi connectivity index (χ1v) is 6.76. The summed E-state index contributed by atoms with van der Waals surface area (Å²) in [5.41, 5.74) is 8.55. The van der Waals surface area contributed by atoms with Crippen LogP contribution in [0.15, 0.2) is 18.3 Å². The van der Waals surface area contributed by atoms with Gasteiger partial charge in [0.05, 0.1) is 17.2 Å². The number of benzene rings is 1. The van der Waals surface area contributed by atoms with Crippen molar-refractivity contribution in [3.05, 3.63) is 35.0 Å². The molecule has 108 valence electrons. The van der Waals surface area contributed by atoms with E-state index in [0.717, 1.165) is 28.5 Å². The minimum atomic E-state index is -0.954. The summed E-state index contributed by atoms with van der Waals surface area (Å²) in [6, 6.07) is 3.33. The molecule has 5 heteroatoms. The summed E-state index contributed by atoms with van der Waals surface area (Å²) >= 11 is 0. The van der Waals surface area contributed by atoms with Crippen molar-refractivity contribution in [1.82, 2.24) is 4.57 Å². The molecule has 0 fully saturated rings. The van der Waals surface area contributed by atoms with E-state index < -0.39 is 12.1 Å². The maximum Gasteiger partial charge on any atom is 0.335 e. The van der Waals surface area contributed by atoms with Crippen LogP contribution in [-0.4, -0.2) is 27.3 Å². The molecule has 20 heavy (non-hydrogen) atoms. The quantitative estimate of drug-likeness (QED) is 0.778. The Bertz CT molecular complexity index is 644. The molecule has 2 aromatic rings. The Morgan fingerprint density at radius 1 is 1.45 bits per heavy atom. The fraction of sp³-hybridized carbons (Fsp3) is 0.400. The van der Waals surface area contributed by atoms with Crippen LogP contribution in [0.25, 0.3) is 10.9 Å². The van der Waals surface area contributed by atoms with Crippen molar-refractivity contribution in [3.63, 3.8) is 0 Å². The van der Waals surface area contributed by atoms with Crippen molar-refractivity contribution >= 4 is 16.9 Å². The second-order valence-corrected chi connectivity index (χ2v) is 4.93. The highest BCUT2D eigenvalue weighted by Crippen LogP contribution is 2.30. The van der Waals surface area contributed by atoms with Gasteiger partial charge >= 0.3 is 5.97 Å². The number of aliphatic hydroxyl groups excluding tert-OH is 1. The standard InChI is InChI=1S/C15H20N2O3/c1-3-10-6-11(15(19)20)7-12-13(9(2)18)8-17(5-4-16)14(10)12/h6-9,18H,3-5,16H2,1-2H3,(H,19,20). The minimum absolute atomic E-state index is 0.252. The lowest BCUT2D eigenvalue weighted by atomic mass is 10.0. The van der Waals surface area contributed by atoms with Crippen LogP contribution in [0, 0.1) is 0 Å². The summed E-state index contributed by atoms with van der Waals surface area (Å²) in [5, 5.41) is 19.9. The topological polar surface area (TPSA) is 88.5 Å². The van der Waals surface area contributed by atoms with E-state index in [2.05, 4.69) is 0 Å². The number of nitrogens with two attached hydrogens (primary N) is 1. The number of aromatic carboxylic acids is 1. The molecule has 1 aromatic heterocycles. The third-order valence-electron chi connectivity index (χ3n) is 3.53. The van der Waals surface area contributed by atoms with Crippen LogP contribution in [-0.2, 0) is 13.0 Å². The molecule has 0 aliphatic heterocycles. The largest absolute Gasteiger partial charge is 0.478 e. The minimum Gasteiger partial charge on any atom is -0.478 e. The smallest absolute Gasteiger partial charge is 0.335 e. The lowest BCUT2D eigenvalue weighted by Crippen LogP contribution is -2.09. The second-order valence-electron chi connectivity index (χ2n) is 4.93. The molecule has 1 atom stereocenters. The van der Waals surface area contributed by atoms with Crippen molar-refractivity contribution in [3.8, 4) is 0 Å². The highest BCUT2D eigenvalue weighted by atomic mass is 16.4. The number of hydrogen-bond donors (Lipinski definition) is 3. The molecule has 0 aliphatic rings. The number of fused-ring (bicyclic) bond motifs is 1. The number of rotatable bonds is 5. The van der Waals surface area contributed by atoms with Crippen LogP contribution in [0.1, 0.15) is 41.4 Å². The van der Waals surface area contributed by atoms with E-state index in [9.17, 15) is 15.0 Å². The molecule has 0 radical (unpaired) electrons. The molecule has 2 rings (SSSR count). The first-order valence-electron chi connectivity index (χ1n) is 6.76. The number of hydrogen-bond acceptors (Lipinski definition) is 3. The zero-order chi connectivity index (χ0) is 14.9. The first-order chi connectivity index (χ1) is 9.49. The number of carbonyl (C=O) groups is 1. The number of aromatic nitrogens is 1. The van der Waals surface area contributed by atoms with Crippen LogP contribution < -0.4 is 5.73 Å². The second kappa shape index (κ2) is 5.64. The Hall–Kier alpha value is -1.85. The normalized spacial score (nSPS) is 12.8. The van der Waals surface area contributed by atoms with Gasteiger partial charge in [-0.2, -0.15) is 0 Å². The predicted molar refractivity (Wildman–Crippen MR) is 78.0 cm³/mol. The molecular weight excluding hydrogens is 256 g/mol. The molecule has 0 saturated heterocycles. The maximum absolute atomic E-state index is 11.2. The number of aliphatic hydroxyl groups is 1. The Balaban J connectivity index is 2.81. The van der Waals surface area contributed by atoms with Gasteiger partial charge in [0.15, 0.2) is 0 Å². The molecule has 0 bridgehead atoms. The van der Waals surface area contributed by atoms with Gasteiger partial charge in [-0.3, -0.25) is 0 Å². The zero-order valence-electron chi connectivity index (χ0n) is 11.8. The highest BCUT2D eigenvalue weighted by molar-refractivity contribution is 5.96. The third kappa shape index (κ3) is 2.42. The van der Waals surface area contributed by atoms with Crippen molar-refractivity contribution in [2.75, 3.05) is 6.54 Å². The number of aryl methyl sites for hydroxylation is 1. The third-order valence-corrected chi connectivity index (χ3v) is 3.53. The van der Waals surface area contributed by atoms with Crippen LogP contribution >= 0.6 is 0 Å². The van der Waals surface area contributed by atoms with Gasteiger partial charge in [0.25, 0.3) is 0 Å². The molecule has 4 N–H and O–H groups in total. The van der Waals surface area contributed by atoms with Gasteiger partial charge in [0, 0.05) is 30.2 Å². The van der Waals surface area contributed by atoms with Gasteiger partial charge in [-0.25, -0.2) is 4.79 Å². The summed E-state index contributed by atoms with van der Waals surface area (Å²) in [6.07, 6.45) is 1.95. The summed E-state index contributed by atoms with van der Waals surface area (Å²) in [5.74, 6) is -0.954. The van der Waals surface area contributed by atoms with Crippen LogP contribution in [0.4, 0.5) is 0 Å². The van der Waals surface area contributed by atoms with E-state index in [4.69, 9.17) is 5.73 Å². The van der Waals surface area contributed by atoms with Gasteiger partial charge in [-0.05, 0) is 31.0 Å². The monoisotopic (exact) mass is 276 g/mol. The van der Waals surface area contributed by atoms with E-state index in [1.165, 1.54) is 0 Å². The van der Waals surface area contributed by atoms with Crippen LogP contribution in [0.5, 0.6) is 0 Å². The van der Waals surface area contributed by atoms with Gasteiger partial charge in [0.1, 0.15) is 0 Å². The Labute approximate surface area is 117 Å². The van der Waals surface area contributed by atoms with E-state index in [-0.39, 0.29) is 5.56 Å². The summed E-state index contributed by atoms with van der Waals surface area (Å²) in [6.45, 7) is 4.80. The van der Waals surface area contributed by atoms with E-state index in [0.29, 0.717) is 13.1 Å². The van der Waals surface area contributed by atoms with Crippen molar-refractivity contribution in [1.29, 1.82) is 0 Å². The zero-order valence-corrected chi connectivity index (χ0v) is 11.8. The lowest BCUT2D eigenvalue weighted by Gasteiger charge is -2.09. The highest BCUT2D eigenvalue weighted by Gasteiger charge is 2.17. The fourth-order valence-corrected chi connectivity index (χ4v) is 2.60. The van der Waals surface area contributed by atoms with Crippen molar-refractivity contribution in [2.24, 2.45) is 5.73 Å². The molecule has 5 nitrogen and oxygen atoms in total. The predicted octanol–water partition coefficient (Wildman–Crippen LogP) is 1.91.